The number of hydrogen-bond acceptors (Lipinski definition) is 4. The summed E-state index contributed by atoms with van der Waals surface area (Å²) in [6.45, 7) is 3.46. The van der Waals surface area contributed by atoms with Crippen LogP contribution in [0.1, 0.15) is 59.5 Å². The molecule has 1 aliphatic carbocycles. The lowest BCUT2D eigenvalue weighted by atomic mass is 9.93. The first-order chi connectivity index (χ1) is 15.9. The number of hydrogen-bond donors (Lipinski definition) is 1. The molecule has 4 nitrogen and oxygen atoms in total. The van der Waals surface area contributed by atoms with Crippen LogP contribution in [0.5, 0.6) is 5.75 Å². The molecule has 1 aliphatic heterocycles. The molecule has 178 valence electrons. The van der Waals surface area contributed by atoms with Crippen molar-refractivity contribution in [2.24, 2.45) is 5.92 Å². The molecule has 4 rings (SSSR count). The van der Waals surface area contributed by atoms with Gasteiger partial charge in [0.05, 0.1) is 12.2 Å². The first kappa shape index (κ1) is 24.6. The molecule has 1 saturated carbocycles. The lowest BCUT2D eigenvalue weighted by Crippen LogP contribution is -2.33. The highest BCUT2D eigenvalue weighted by Gasteiger charge is 2.29. The number of nitrogens with zero attached hydrogens (tertiary/aromatic N) is 1. The van der Waals surface area contributed by atoms with Crippen molar-refractivity contribution < 1.29 is 13.9 Å². The van der Waals surface area contributed by atoms with Gasteiger partial charge in [-0.3, -0.25) is 14.4 Å². The van der Waals surface area contributed by atoms with Crippen molar-refractivity contribution in [3.05, 3.63) is 62.9 Å². The van der Waals surface area contributed by atoms with Crippen LogP contribution in [0.4, 0.5) is 4.39 Å². The molecule has 0 radical (unpaired) electrons. The number of carbonyl (C=O) groups excluding carboxylic acids is 1. The lowest BCUT2D eigenvalue weighted by molar-refractivity contribution is 0.0980. The summed E-state index contributed by atoms with van der Waals surface area (Å²) in [6, 6.07) is 8.77. The van der Waals surface area contributed by atoms with Gasteiger partial charge >= 0.3 is 0 Å². The van der Waals surface area contributed by atoms with Crippen molar-refractivity contribution in [2.45, 2.75) is 44.6 Å². The summed E-state index contributed by atoms with van der Waals surface area (Å²) >= 11 is 13.4. The predicted octanol–water partition coefficient (Wildman–Crippen LogP) is 6.70. The molecule has 1 heterocycles. The number of piperidine rings is 1. The highest BCUT2D eigenvalue weighted by atomic mass is 35.5. The maximum Gasteiger partial charge on any atom is 0.264 e. The van der Waals surface area contributed by atoms with Gasteiger partial charge in [-0.2, -0.15) is 0 Å². The van der Waals surface area contributed by atoms with Crippen molar-refractivity contribution in [2.75, 3.05) is 26.0 Å². The van der Waals surface area contributed by atoms with Crippen LogP contribution in [0.25, 0.3) is 0 Å². The van der Waals surface area contributed by atoms with Gasteiger partial charge in [0.2, 0.25) is 0 Å². The van der Waals surface area contributed by atoms with E-state index in [1.807, 2.05) is 12.1 Å². The summed E-state index contributed by atoms with van der Waals surface area (Å²) in [5.74, 6) is 0.608. The zero-order chi connectivity index (χ0) is 23.4. The quantitative estimate of drug-likeness (QED) is 0.381. The fraction of sp³-hybridized carbons (Fsp3) is 0.480. The Kier molecular flexibility index (Phi) is 8.44. The Morgan fingerprint density at radius 1 is 1.12 bits per heavy atom. The Bertz CT molecular complexity index is 974. The van der Waals surface area contributed by atoms with Crippen molar-refractivity contribution >= 4 is 41.1 Å². The van der Waals surface area contributed by atoms with Gasteiger partial charge in [-0.1, -0.05) is 35.1 Å². The Labute approximate surface area is 209 Å². The first-order valence-electron chi connectivity index (χ1n) is 11.4. The molecule has 33 heavy (non-hydrogen) atoms. The van der Waals surface area contributed by atoms with Gasteiger partial charge in [0.1, 0.15) is 11.6 Å². The van der Waals surface area contributed by atoms with Crippen LogP contribution in [-0.2, 0) is 6.54 Å². The minimum absolute atomic E-state index is 0.0898. The fourth-order valence-corrected chi connectivity index (χ4v) is 5.33. The van der Waals surface area contributed by atoms with Gasteiger partial charge in [0, 0.05) is 28.9 Å². The number of ether oxygens (including phenoxy) is 1. The van der Waals surface area contributed by atoms with E-state index < -0.39 is 11.7 Å². The zero-order valence-electron chi connectivity index (χ0n) is 18.7. The molecule has 8 heteroatoms. The van der Waals surface area contributed by atoms with Gasteiger partial charge in [0.25, 0.3) is 5.91 Å². The summed E-state index contributed by atoms with van der Waals surface area (Å²) in [5.41, 5.74) is 2.18. The second-order valence-corrected chi connectivity index (χ2v) is 10.4. The van der Waals surface area contributed by atoms with Crippen LogP contribution in [0.3, 0.4) is 0 Å². The standard InChI is InChI=1S/C25H29Cl2FN2O2S/c1-33-29-25(31)22-13-21(18-2-3-18)24(14-23(22)28)32-9-6-16-4-7-30(8-5-16)15-17-10-19(26)12-20(27)11-17/h10-14,16,18H,2-9,15H2,1H3,(H,29,31). The molecule has 0 spiro atoms. The average molecular weight is 511 g/mol. The van der Waals surface area contributed by atoms with Crippen molar-refractivity contribution in [1.82, 2.24) is 9.62 Å². The summed E-state index contributed by atoms with van der Waals surface area (Å²) < 4.78 is 23.2. The largest absolute Gasteiger partial charge is 0.493 e. The maximum absolute atomic E-state index is 14.6. The third-order valence-corrected chi connectivity index (χ3v) is 7.20. The number of carbonyl (C=O) groups is 1. The van der Waals surface area contributed by atoms with Gasteiger partial charge in [0.15, 0.2) is 0 Å². The Morgan fingerprint density at radius 3 is 2.45 bits per heavy atom. The van der Waals surface area contributed by atoms with E-state index in [2.05, 4.69) is 9.62 Å². The van der Waals surface area contributed by atoms with E-state index in [0.29, 0.717) is 34.2 Å². The topological polar surface area (TPSA) is 41.6 Å². The first-order valence-corrected chi connectivity index (χ1v) is 13.4. The molecular weight excluding hydrogens is 482 g/mol. The molecule has 1 N–H and O–H groups in total. The van der Waals surface area contributed by atoms with E-state index >= 15 is 0 Å². The van der Waals surface area contributed by atoms with Gasteiger partial charge in [-0.05, 0) is 92.4 Å². The molecule has 2 aromatic rings. The van der Waals surface area contributed by atoms with Crippen LogP contribution in [0.15, 0.2) is 30.3 Å². The molecule has 0 atom stereocenters. The number of nitrogens with one attached hydrogen (secondary N) is 1. The van der Waals surface area contributed by atoms with Gasteiger partial charge in [-0.15, -0.1) is 0 Å². The predicted molar refractivity (Wildman–Crippen MR) is 134 cm³/mol. The van der Waals surface area contributed by atoms with Crippen LogP contribution in [0.2, 0.25) is 10.0 Å². The number of benzene rings is 2. The minimum atomic E-state index is -0.532. The van der Waals surface area contributed by atoms with E-state index in [9.17, 15) is 9.18 Å². The molecule has 0 bridgehead atoms. The summed E-state index contributed by atoms with van der Waals surface area (Å²) in [5, 5.41) is 1.34. The Morgan fingerprint density at radius 2 is 1.82 bits per heavy atom. The molecule has 0 unspecified atom stereocenters. The number of likely N-dealkylation sites (tertiary alicyclic amines) is 1. The third-order valence-electron chi connectivity index (χ3n) is 6.38. The molecule has 2 fully saturated rings. The molecule has 1 amide bonds. The lowest BCUT2D eigenvalue weighted by Gasteiger charge is -2.32. The second kappa shape index (κ2) is 11.3. The molecule has 0 aromatic heterocycles. The van der Waals surface area contributed by atoms with E-state index in [1.165, 1.54) is 18.0 Å². The fourth-order valence-electron chi connectivity index (χ4n) is 4.46. The van der Waals surface area contributed by atoms with E-state index in [0.717, 1.165) is 62.9 Å². The van der Waals surface area contributed by atoms with Crippen molar-refractivity contribution in [1.29, 1.82) is 0 Å². The van der Waals surface area contributed by atoms with E-state index in [1.54, 1.807) is 18.4 Å². The van der Waals surface area contributed by atoms with Crippen LogP contribution < -0.4 is 9.46 Å². The Hall–Kier alpha value is -1.47. The normalized spacial score (nSPS) is 17.2. The van der Waals surface area contributed by atoms with Crippen molar-refractivity contribution in [3.8, 4) is 5.75 Å². The highest BCUT2D eigenvalue weighted by molar-refractivity contribution is 7.97. The van der Waals surface area contributed by atoms with Gasteiger partial charge < -0.3 is 4.74 Å². The molecular formula is C25H29Cl2FN2O2S. The summed E-state index contributed by atoms with van der Waals surface area (Å²) in [4.78, 5) is 14.6. The minimum Gasteiger partial charge on any atom is -0.493 e. The highest BCUT2D eigenvalue weighted by Crippen LogP contribution is 2.45. The van der Waals surface area contributed by atoms with Crippen LogP contribution in [-0.4, -0.2) is 36.8 Å². The Balaban J connectivity index is 1.28. The number of halogens is 3. The van der Waals surface area contributed by atoms with E-state index in [-0.39, 0.29) is 5.56 Å². The smallest absolute Gasteiger partial charge is 0.264 e. The summed E-state index contributed by atoms with van der Waals surface area (Å²) in [7, 11) is 0. The maximum atomic E-state index is 14.6. The number of amides is 1. The van der Waals surface area contributed by atoms with Gasteiger partial charge in [-0.25, -0.2) is 4.39 Å². The SMILES string of the molecule is CSNC(=O)c1cc(C2CC2)c(OCCC2CCN(Cc3cc(Cl)cc(Cl)c3)CC2)cc1F. The van der Waals surface area contributed by atoms with Crippen LogP contribution in [0, 0.1) is 11.7 Å². The molecule has 1 saturated heterocycles. The monoisotopic (exact) mass is 510 g/mol. The third kappa shape index (κ3) is 6.78. The van der Waals surface area contributed by atoms with E-state index in [4.69, 9.17) is 27.9 Å². The second-order valence-electron chi connectivity index (χ2n) is 8.91. The average Bonchev–Trinajstić information content (AvgIpc) is 3.60. The number of rotatable bonds is 9. The zero-order valence-corrected chi connectivity index (χ0v) is 21.0. The molecule has 2 aliphatic rings. The van der Waals surface area contributed by atoms with Crippen LogP contribution >= 0.6 is 35.1 Å². The summed E-state index contributed by atoms with van der Waals surface area (Å²) in [6.07, 6.45) is 7.01. The molecule has 2 aromatic carbocycles. The van der Waals surface area contributed by atoms with Crippen molar-refractivity contribution in [3.63, 3.8) is 0 Å².